The number of nitrogens with zero attached hydrogens (tertiary/aromatic N) is 1. The largest absolute Gasteiger partial charge is 0.396 e. The number of amides is 1. The van der Waals surface area contributed by atoms with Gasteiger partial charge in [-0.1, -0.05) is 6.07 Å². The molecule has 1 fully saturated rings. The van der Waals surface area contributed by atoms with E-state index in [1.807, 2.05) is 18.2 Å². The molecule has 1 aliphatic carbocycles. The van der Waals surface area contributed by atoms with E-state index in [1.54, 1.807) is 4.90 Å². The van der Waals surface area contributed by atoms with Crippen LogP contribution in [-0.2, 0) is 4.79 Å². The van der Waals surface area contributed by atoms with Crippen molar-refractivity contribution in [3.63, 3.8) is 0 Å². The van der Waals surface area contributed by atoms with Crippen LogP contribution in [0.3, 0.4) is 0 Å². The minimum absolute atomic E-state index is 0.101. The summed E-state index contributed by atoms with van der Waals surface area (Å²) in [6.45, 7) is 0.843. The molecule has 100 valence electrons. The third-order valence-corrected chi connectivity index (χ3v) is 4.07. The van der Waals surface area contributed by atoms with Crippen LogP contribution < -0.4 is 4.90 Å². The summed E-state index contributed by atoms with van der Waals surface area (Å²) < 4.78 is 0. The fourth-order valence-electron chi connectivity index (χ4n) is 3.09. The van der Waals surface area contributed by atoms with Crippen LogP contribution in [0.25, 0.3) is 0 Å². The quantitative estimate of drug-likeness (QED) is 0.901. The predicted molar refractivity (Wildman–Crippen MR) is 71.4 cm³/mol. The highest BCUT2D eigenvalue weighted by Gasteiger charge is 2.30. The number of aliphatic hydroxyl groups excluding tert-OH is 1. The van der Waals surface area contributed by atoms with Gasteiger partial charge in [-0.15, -0.1) is 0 Å². The lowest BCUT2D eigenvalue weighted by Crippen LogP contribution is -2.23. The molecule has 1 amide bonds. The van der Waals surface area contributed by atoms with Crippen LogP contribution in [0, 0.1) is 0 Å². The van der Waals surface area contributed by atoms with Crippen molar-refractivity contribution in [2.24, 2.45) is 0 Å². The Morgan fingerprint density at radius 3 is 2.84 bits per heavy atom. The lowest BCUT2D eigenvalue weighted by atomic mass is 9.98. The zero-order chi connectivity index (χ0) is 13.4. The minimum atomic E-state index is 0.101. The average Bonchev–Trinajstić information content (AvgIpc) is 2.95. The monoisotopic (exact) mass is 259 g/mol. The van der Waals surface area contributed by atoms with Crippen molar-refractivity contribution in [2.75, 3.05) is 18.1 Å². The van der Waals surface area contributed by atoms with Crippen LogP contribution >= 0.6 is 0 Å². The molecule has 3 rings (SSSR count). The normalized spacial score (nSPS) is 22.2. The first-order chi connectivity index (χ1) is 9.20. The highest BCUT2D eigenvalue weighted by molar-refractivity contribution is 6.03. The first kappa shape index (κ1) is 12.4. The minimum Gasteiger partial charge on any atom is -0.396 e. The number of aliphatic hydroxyl groups is 1. The summed E-state index contributed by atoms with van der Waals surface area (Å²) in [5, 5.41) is 9.04. The van der Waals surface area contributed by atoms with E-state index in [0.29, 0.717) is 19.3 Å². The van der Waals surface area contributed by atoms with Gasteiger partial charge in [-0.25, -0.2) is 0 Å². The van der Waals surface area contributed by atoms with Crippen LogP contribution in [-0.4, -0.2) is 29.9 Å². The molecule has 1 atom stereocenters. The van der Waals surface area contributed by atoms with E-state index in [1.165, 1.54) is 0 Å². The first-order valence-electron chi connectivity index (χ1n) is 6.79. The van der Waals surface area contributed by atoms with Crippen molar-refractivity contribution in [1.29, 1.82) is 0 Å². The van der Waals surface area contributed by atoms with Crippen molar-refractivity contribution in [3.8, 4) is 0 Å². The number of fused-ring (bicyclic) bond motifs is 1. The summed E-state index contributed by atoms with van der Waals surface area (Å²) in [6.07, 6.45) is 2.59. The number of ketones is 1. The number of hydrogen-bond acceptors (Lipinski definition) is 3. The molecular weight excluding hydrogens is 242 g/mol. The van der Waals surface area contributed by atoms with E-state index in [-0.39, 0.29) is 24.2 Å². The van der Waals surface area contributed by atoms with Gasteiger partial charge in [0.05, 0.1) is 0 Å². The molecule has 19 heavy (non-hydrogen) atoms. The number of benzene rings is 1. The Balaban J connectivity index is 1.94. The molecule has 1 N–H and O–H groups in total. The number of carbonyl (C=O) groups excluding carboxylic acids is 2. The summed E-state index contributed by atoms with van der Waals surface area (Å²) in [4.78, 5) is 25.5. The third-order valence-electron chi connectivity index (χ3n) is 4.07. The molecule has 4 heteroatoms. The Kier molecular flexibility index (Phi) is 3.11. The van der Waals surface area contributed by atoms with Gasteiger partial charge in [-0.3, -0.25) is 9.59 Å². The lowest BCUT2D eigenvalue weighted by molar-refractivity contribution is -0.117. The average molecular weight is 259 g/mol. The summed E-state index contributed by atoms with van der Waals surface area (Å²) in [5.41, 5.74) is 2.59. The molecule has 1 unspecified atom stereocenters. The highest BCUT2D eigenvalue weighted by Crippen LogP contribution is 2.37. The van der Waals surface area contributed by atoms with Gasteiger partial charge in [0.1, 0.15) is 0 Å². The molecule has 0 saturated carbocycles. The first-order valence-corrected chi connectivity index (χ1v) is 6.79. The topological polar surface area (TPSA) is 57.6 Å². The predicted octanol–water partition coefficient (Wildman–Crippen LogP) is 1.87. The fraction of sp³-hybridized carbons (Fsp3) is 0.467. The van der Waals surface area contributed by atoms with Crippen LogP contribution in [0.15, 0.2) is 18.2 Å². The maximum absolute atomic E-state index is 12.0. The van der Waals surface area contributed by atoms with Gasteiger partial charge in [0.25, 0.3) is 0 Å². The molecule has 0 bridgehead atoms. The van der Waals surface area contributed by atoms with Gasteiger partial charge in [-0.05, 0) is 36.5 Å². The van der Waals surface area contributed by atoms with Crippen LogP contribution in [0.5, 0.6) is 0 Å². The van der Waals surface area contributed by atoms with Crippen molar-refractivity contribution < 1.29 is 14.7 Å². The number of rotatable bonds is 3. The second kappa shape index (κ2) is 4.78. The molecule has 4 nitrogen and oxygen atoms in total. The Morgan fingerprint density at radius 1 is 1.32 bits per heavy atom. The van der Waals surface area contributed by atoms with Crippen LogP contribution in [0.4, 0.5) is 5.69 Å². The van der Waals surface area contributed by atoms with E-state index in [2.05, 4.69) is 0 Å². The zero-order valence-corrected chi connectivity index (χ0v) is 10.8. The lowest BCUT2D eigenvalue weighted by Gasteiger charge is -2.17. The summed E-state index contributed by atoms with van der Waals surface area (Å²) in [7, 11) is 0. The maximum Gasteiger partial charge on any atom is 0.227 e. The number of Topliss-reactive ketones (excluding diaryl/α,β-unsaturated/α-hetero) is 1. The standard InChI is InChI=1S/C15H17NO3/c17-7-5-10-8-14(18)13-9-11(3-4-12(10)13)16-6-1-2-15(16)19/h3-4,9-10,17H,1-2,5-8H2. The molecule has 0 radical (unpaired) electrons. The maximum atomic E-state index is 12.0. The third kappa shape index (κ3) is 2.06. The molecule has 1 aromatic rings. The zero-order valence-electron chi connectivity index (χ0n) is 10.8. The SMILES string of the molecule is O=C1CC(CCO)c2ccc(N3CCCC3=O)cc21. The molecular formula is C15H17NO3. The van der Waals surface area contributed by atoms with E-state index >= 15 is 0 Å². The molecule has 1 aliphatic heterocycles. The van der Waals surface area contributed by atoms with Crippen molar-refractivity contribution in [1.82, 2.24) is 0 Å². The van der Waals surface area contributed by atoms with Gasteiger partial charge in [0.2, 0.25) is 5.91 Å². The number of hydrogen-bond donors (Lipinski definition) is 1. The Hall–Kier alpha value is -1.68. The van der Waals surface area contributed by atoms with Gasteiger partial charge in [-0.2, -0.15) is 0 Å². The number of carbonyl (C=O) groups is 2. The molecule has 0 aromatic heterocycles. The second-order valence-corrected chi connectivity index (χ2v) is 5.26. The van der Waals surface area contributed by atoms with E-state index < -0.39 is 0 Å². The van der Waals surface area contributed by atoms with E-state index in [0.717, 1.165) is 29.8 Å². The van der Waals surface area contributed by atoms with Gasteiger partial charge in [0.15, 0.2) is 5.78 Å². The molecule has 1 heterocycles. The Bertz CT molecular complexity index is 538. The molecule has 0 spiro atoms. The summed E-state index contributed by atoms with van der Waals surface area (Å²) in [5.74, 6) is 0.398. The van der Waals surface area contributed by atoms with Crippen molar-refractivity contribution in [2.45, 2.75) is 31.6 Å². The molecule has 1 aromatic carbocycles. The fourth-order valence-corrected chi connectivity index (χ4v) is 3.09. The second-order valence-electron chi connectivity index (χ2n) is 5.26. The smallest absolute Gasteiger partial charge is 0.227 e. The number of anilines is 1. The summed E-state index contributed by atoms with van der Waals surface area (Å²) in [6, 6.07) is 5.71. The van der Waals surface area contributed by atoms with E-state index in [4.69, 9.17) is 5.11 Å². The Morgan fingerprint density at radius 2 is 2.16 bits per heavy atom. The summed E-state index contributed by atoms with van der Waals surface area (Å²) >= 11 is 0. The van der Waals surface area contributed by atoms with Gasteiger partial charge in [0, 0.05) is 37.2 Å². The van der Waals surface area contributed by atoms with Gasteiger partial charge >= 0.3 is 0 Å². The van der Waals surface area contributed by atoms with Gasteiger partial charge < -0.3 is 10.0 Å². The van der Waals surface area contributed by atoms with Crippen LogP contribution in [0.1, 0.15) is 47.5 Å². The van der Waals surface area contributed by atoms with E-state index in [9.17, 15) is 9.59 Å². The van der Waals surface area contributed by atoms with Crippen LogP contribution in [0.2, 0.25) is 0 Å². The molecule has 2 aliphatic rings. The van der Waals surface area contributed by atoms with Crippen molar-refractivity contribution >= 4 is 17.4 Å². The Labute approximate surface area is 112 Å². The van der Waals surface area contributed by atoms with Crippen molar-refractivity contribution in [3.05, 3.63) is 29.3 Å². The molecule has 1 saturated heterocycles. The highest BCUT2D eigenvalue weighted by atomic mass is 16.3.